The van der Waals surface area contributed by atoms with Crippen LogP contribution in [0.3, 0.4) is 0 Å². The zero-order valence-corrected chi connectivity index (χ0v) is 14.0. The van der Waals surface area contributed by atoms with E-state index in [-0.39, 0.29) is 18.5 Å². The summed E-state index contributed by atoms with van der Waals surface area (Å²) >= 11 is 0. The van der Waals surface area contributed by atoms with E-state index in [1.54, 1.807) is 13.3 Å². The number of nitrogens with zero attached hydrogens (tertiary/aromatic N) is 1. The highest BCUT2D eigenvalue weighted by Gasteiger charge is 2.28. The van der Waals surface area contributed by atoms with Gasteiger partial charge in [-0.1, -0.05) is 0 Å². The van der Waals surface area contributed by atoms with Crippen LogP contribution in [-0.4, -0.2) is 36.9 Å². The molecule has 22 heavy (non-hydrogen) atoms. The van der Waals surface area contributed by atoms with Crippen molar-refractivity contribution in [1.29, 1.82) is 0 Å². The van der Waals surface area contributed by atoms with Gasteiger partial charge in [0.25, 0.3) is 0 Å². The van der Waals surface area contributed by atoms with Crippen molar-refractivity contribution in [1.82, 2.24) is 4.98 Å². The Labute approximate surface area is 132 Å². The molecule has 2 rings (SSSR count). The third-order valence-electron chi connectivity index (χ3n) is 3.69. The molecule has 0 amide bonds. The second-order valence-electron chi connectivity index (χ2n) is 6.68. The third-order valence-corrected chi connectivity index (χ3v) is 3.69. The van der Waals surface area contributed by atoms with Crippen LogP contribution in [0.2, 0.25) is 0 Å². The summed E-state index contributed by atoms with van der Waals surface area (Å²) in [5, 5.41) is 0. The molecule has 122 valence electrons. The zero-order valence-electron chi connectivity index (χ0n) is 14.0. The van der Waals surface area contributed by atoms with E-state index < -0.39 is 5.60 Å². The van der Waals surface area contributed by atoms with Crippen LogP contribution in [0, 0.1) is 0 Å². The highest BCUT2D eigenvalue weighted by Crippen LogP contribution is 2.33. The third kappa shape index (κ3) is 4.05. The van der Waals surface area contributed by atoms with Crippen molar-refractivity contribution >= 4 is 5.97 Å². The van der Waals surface area contributed by atoms with E-state index in [1.807, 2.05) is 33.9 Å². The number of hydrogen-bond acceptors (Lipinski definition) is 5. The van der Waals surface area contributed by atoms with Crippen molar-refractivity contribution in [3.63, 3.8) is 0 Å². The van der Waals surface area contributed by atoms with Crippen LogP contribution in [0.25, 0.3) is 0 Å². The number of aromatic nitrogens is 1. The molecule has 1 aliphatic heterocycles. The van der Waals surface area contributed by atoms with Crippen LogP contribution in [0.5, 0.6) is 0 Å². The lowest BCUT2D eigenvalue weighted by molar-refractivity contribution is -0.153. The molecule has 5 heteroatoms. The monoisotopic (exact) mass is 307 g/mol. The molecule has 5 nitrogen and oxygen atoms in total. The Morgan fingerprint density at radius 2 is 2.09 bits per heavy atom. The Bertz CT molecular complexity index is 532. The average Bonchev–Trinajstić information content (AvgIpc) is 2.34. The van der Waals surface area contributed by atoms with E-state index in [1.165, 1.54) is 0 Å². The highest BCUT2D eigenvalue weighted by atomic mass is 16.6. The topological polar surface area (TPSA) is 57.7 Å². The molecule has 0 radical (unpaired) electrons. The van der Waals surface area contributed by atoms with E-state index in [9.17, 15) is 4.79 Å². The molecule has 1 atom stereocenters. The van der Waals surface area contributed by atoms with E-state index in [2.05, 4.69) is 4.98 Å². The van der Waals surface area contributed by atoms with Crippen molar-refractivity contribution in [2.45, 2.75) is 51.7 Å². The Morgan fingerprint density at radius 1 is 1.41 bits per heavy atom. The molecular weight excluding hydrogens is 282 g/mol. The summed E-state index contributed by atoms with van der Waals surface area (Å²) in [6.45, 7) is 8.97. The molecule has 1 aliphatic rings. The summed E-state index contributed by atoms with van der Waals surface area (Å²) < 4.78 is 16.2. The van der Waals surface area contributed by atoms with Gasteiger partial charge in [-0.25, -0.2) is 0 Å². The lowest BCUT2D eigenvalue weighted by Gasteiger charge is -2.30. The summed E-state index contributed by atoms with van der Waals surface area (Å²) in [4.78, 5) is 16.4. The molecule has 0 aliphatic carbocycles. The first-order valence-corrected chi connectivity index (χ1v) is 7.61. The highest BCUT2D eigenvalue weighted by molar-refractivity contribution is 5.73. The van der Waals surface area contributed by atoms with Gasteiger partial charge < -0.3 is 14.2 Å². The minimum atomic E-state index is -0.489. The lowest BCUT2D eigenvalue weighted by Crippen LogP contribution is -2.28. The summed E-state index contributed by atoms with van der Waals surface area (Å²) in [6.07, 6.45) is 3.69. The van der Waals surface area contributed by atoms with Crippen LogP contribution in [0.4, 0.5) is 0 Å². The molecular formula is C17H25NO4. The van der Waals surface area contributed by atoms with Crippen molar-refractivity contribution in [3.05, 3.63) is 29.1 Å². The van der Waals surface area contributed by atoms with Gasteiger partial charge >= 0.3 is 5.97 Å². The number of carbonyl (C=O) groups excluding carboxylic acids is 1. The predicted molar refractivity (Wildman–Crippen MR) is 82.8 cm³/mol. The molecule has 1 aromatic rings. The van der Waals surface area contributed by atoms with Gasteiger partial charge in [0, 0.05) is 25.4 Å². The normalized spacial score (nSPS) is 17.0. The fourth-order valence-electron chi connectivity index (χ4n) is 2.56. The van der Waals surface area contributed by atoms with Gasteiger partial charge in [0.1, 0.15) is 5.60 Å². The summed E-state index contributed by atoms with van der Waals surface area (Å²) in [6, 6.07) is 0. The number of hydrogen-bond donors (Lipinski definition) is 0. The first-order valence-electron chi connectivity index (χ1n) is 7.61. The van der Waals surface area contributed by atoms with E-state index in [4.69, 9.17) is 14.2 Å². The van der Waals surface area contributed by atoms with E-state index in [0.717, 1.165) is 16.7 Å². The molecule has 1 unspecified atom stereocenters. The first-order chi connectivity index (χ1) is 10.3. The van der Waals surface area contributed by atoms with Gasteiger partial charge in [-0.15, -0.1) is 0 Å². The quantitative estimate of drug-likeness (QED) is 0.783. The minimum absolute atomic E-state index is 0.101. The molecule has 0 spiro atoms. The van der Waals surface area contributed by atoms with Crippen LogP contribution in [0.15, 0.2) is 12.4 Å². The van der Waals surface area contributed by atoms with E-state index >= 15 is 0 Å². The van der Waals surface area contributed by atoms with Crippen LogP contribution < -0.4 is 0 Å². The Hall–Kier alpha value is -1.46. The maximum absolute atomic E-state index is 12.1. The number of carbonyl (C=O) groups is 1. The summed E-state index contributed by atoms with van der Waals surface area (Å²) in [5.41, 5.74) is 2.53. The average molecular weight is 307 g/mol. The van der Waals surface area contributed by atoms with Gasteiger partial charge in [-0.05, 0) is 44.4 Å². The number of esters is 1. The lowest BCUT2D eigenvalue weighted by atomic mass is 9.89. The molecule has 0 N–H and O–H groups in total. The van der Waals surface area contributed by atoms with Crippen LogP contribution in [0.1, 0.15) is 56.4 Å². The second kappa shape index (κ2) is 6.75. The standard InChI is InChI=1S/C17H25NO4/c1-11(20-5)16-12(6-15(19)22-17(2,3)4)7-18-8-14(16)13-9-21-10-13/h7-8,11,13H,6,9-10H2,1-5H3. The van der Waals surface area contributed by atoms with Gasteiger partial charge in [-0.2, -0.15) is 0 Å². The van der Waals surface area contributed by atoms with Crippen molar-refractivity contribution < 1.29 is 19.0 Å². The zero-order chi connectivity index (χ0) is 16.3. The van der Waals surface area contributed by atoms with Gasteiger partial charge in [0.2, 0.25) is 0 Å². The largest absolute Gasteiger partial charge is 0.460 e. The Balaban J connectivity index is 2.27. The van der Waals surface area contributed by atoms with Crippen LogP contribution >= 0.6 is 0 Å². The van der Waals surface area contributed by atoms with Gasteiger partial charge in [-0.3, -0.25) is 9.78 Å². The SMILES string of the molecule is COC(C)c1c(CC(=O)OC(C)(C)C)cncc1C1COC1. The number of ether oxygens (including phenoxy) is 3. The molecule has 1 fully saturated rings. The molecule has 0 saturated carbocycles. The number of methoxy groups -OCH3 is 1. The van der Waals surface area contributed by atoms with Crippen molar-refractivity contribution in [3.8, 4) is 0 Å². The Morgan fingerprint density at radius 3 is 2.59 bits per heavy atom. The van der Waals surface area contributed by atoms with Gasteiger partial charge in [0.15, 0.2) is 0 Å². The molecule has 0 bridgehead atoms. The van der Waals surface area contributed by atoms with E-state index in [0.29, 0.717) is 19.1 Å². The molecule has 1 aromatic heterocycles. The van der Waals surface area contributed by atoms with Crippen LogP contribution in [-0.2, 0) is 25.4 Å². The minimum Gasteiger partial charge on any atom is -0.460 e. The first kappa shape index (κ1) is 16.9. The number of rotatable bonds is 5. The maximum atomic E-state index is 12.1. The number of pyridine rings is 1. The Kier molecular flexibility index (Phi) is 5.19. The fraction of sp³-hybridized carbons (Fsp3) is 0.647. The smallest absolute Gasteiger partial charge is 0.310 e. The molecule has 2 heterocycles. The maximum Gasteiger partial charge on any atom is 0.310 e. The molecule has 0 aromatic carbocycles. The van der Waals surface area contributed by atoms with Crippen molar-refractivity contribution in [2.24, 2.45) is 0 Å². The van der Waals surface area contributed by atoms with Crippen molar-refractivity contribution in [2.75, 3.05) is 20.3 Å². The van der Waals surface area contributed by atoms with Gasteiger partial charge in [0.05, 0.1) is 25.7 Å². The second-order valence-corrected chi connectivity index (χ2v) is 6.68. The fourth-order valence-corrected chi connectivity index (χ4v) is 2.56. The molecule has 1 saturated heterocycles. The predicted octanol–water partition coefficient (Wildman–Crippen LogP) is 2.79. The summed E-state index contributed by atoms with van der Waals surface area (Å²) in [7, 11) is 1.67. The summed E-state index contributed by atoms with van der Waals surface area (Å²) in [5.74, 6) is 0.0829.